The molecule has 2 aliphatic heterocycles. The first-order valence-corrected chi connectivity index (χ1v) is 10.6. The Morgan fingerprint density at radius 3 is 2.40 bits per heavy atom. The van der Waals surface area contributed by atoms with E-state index in [1.54, 1.807) is 26.8 Å². The smallest absolute Gasteiger partial charge is 0.411 e. The van der Waals surface area contributed by atoms with Gasteiger partial charge in [0.2, 0.25) is 0 Å². The number of hydrogen-bond acceptors (Lipinski definition) is 6. The van der Waals surface area contributed by atoms with Crippen molar-refractivity contribution >= 4 is 11.8 Å². The number of carbonyl (C=O) groups excluding carboxylic acids is 1. The second-order valence-corrected chi connectivity index (χ2v) is 9.71. The van der Waals surface area contributed by atoms with Gasteiger partial charge in [0.05, 0.1) is 11.7 Å². The standard InChI is InChI=1S/C18H27FN2O3.C4H10N2/c1-17(2,3)24-16(23)21-13(9-10-18(21,4)5)15(22)11-7-6-8-12(20)14(11)19;5-6-3-1-2-4-6/h6-8,13,15,22H,9-10,20H2,1-5H3;1-5H2/t13-,15-;/m1./s1. The summed E-state index contributed by atoms with van der Waals surface area (Å²) >= 11 is 0. The Hall–Kier alpha value is -1.90. The summed E-state index contributed by atoms with van der Waals surface area (Å²) in [5, 5.41) is 12.6. The minimum absolute atomic E-state index is 0.0207. The molecule has 1 amide bonds. The zero-order valence-electron chi connectivity index (χ0n) is 18.8. The zero-order valence-corrected chi connectivity index (χ0v) is 18.8. The number of anilines is 1. The molecule has 2 fully saturated rings. The van der Waals surface area contributed by atoms with Crippen LogP contribution in [-0.4, -0.2) is 51.4 Å². The molecule has 1 aromatic rings. The molecule has 170 valence electrons. The van der Waals surface area contributed by atoms with Crippen LogP contribution in [0.5, 0.6) is 0 Å². The Balaban J connectivity index is 0.000000456. The van der Waals surface area contributed by atoms with E-state index in [0.717, 1.165) is 13.1 Å². The Kier molecular flexibility index (Phi) is 7.71. The van der Waals surface area contributed by atoms with E-state index in [1.165, 1.54) is 29.9 Å². The molecule has 5 N–H and O–H groups in total. The number of benzene rings is 1. The van der Waals surface area contributed by atoms with Crippen LogP contribution in [0.4, 0.5) is 14.9 Å². The van der Waals surface area contributed by atoms with Gasteiger partial charge in [-0.1, -0.05) is 12.1 Å². The molecule has 0 aromatic heterocycles. The number of rotatable bonds is 2. The van der Waals surface area contributed by atoms with Crippen LogP contribution >= 0.6 is 0 Å². The highest BCUT2D eigenvalue weighted by atomic mass is 19.1. The monoisotopic (exact) mass is 424 g/mol. The molecule has 0 spiro atoms. The summed E-state index contributed by atoms with van der Waals surface area (Å²) < 4.78 is 19.8. The van der Waals surface area contributed by atoms with Gasteiger partial charge < -0.3 is 15.6 Å². The van der Waals surface area contributed by atoms with Gasteiger partial charge in [0.15, 0.2) is 5.82 Å². The van der Waals surface area contributed by atoms with E-state index in [1.807, 2.05) is 18.9 Å². The van der Waals surface area contributed by atoms with Gasteiger partial charge in [-0.25, -0.2) is 14.2 Å². The summed E-state index contributed by atoms with van der Waals surface area (Å²) in [5.74, 6) is 4.73. The largest absolute Gasteiger partial charge is 0.444 e. The van der Waals surface area contributed by atoms with Gasteiger partial charge in [-0.05, 0) is 66.4 Å². The van der Waals surface area contributed by atoms with Crippen LogP contribution in [0.2, 0.25) is 0 Å². The van der Waals surface area contributed by atoms with Crippen LogP contribution in [0.1, 0.15) is 72.0 Å². The minimum Gasteiger partial charge on any atom is -0.444 e. The van der Waals surface area contributed by atoms with E-state index in [9.17, 15) is 14.3 Å². The predicted octanol–water partition coefficient (Wildman–Crippen LogP) is 3.58. The van der Waals surface area contributed by atoms with Gasteiger partial charge in [0.25, 0.3) is 0 Å². The van der Waals surface area contributed by atoms with Gasteiger partial charge in [-0.3, -0.25) is 10.7 Å². The normalized spacial score (nSPS) is 22.4. The van der Waals surface area contributed by atoms with Gasteiger partial charge in [-0.15, -0.1) is 0 Å². The number of aliphatic hydroxyl groups excluding tert-OH is 1. The predicted molar refractivity (Wildman–Crippen MR) is 116 cm³/mol. The number of amides is 1. The maximum absolute atomic E-state index is 14.3. The van der Waals surface area contributed by atoms with Crippen LogP contribution in [-0.2, 0) is 4.74 Å². The van der Waals surface area contributed by atoms with E-state index in [-0.39, 0.29) is 11.3 Å². The number of halogens is 1. The van der Waals surface area contributed by atoms with Crippen molar-refractivity contribution in [1.29, 1.82) is 0 Å². The lowest BCUT2D eigenvalue weighted by Gasteiger charge is -2.38. The Labute approximate surface area is 179 Å². The highest BCUT2D eigenvalue weighted by molar-refractivity contribution is 5.70. The number of ether oxygens (including phenoxy) is 1. The first-order chi connectivity index (χ1) is 13.8. The van der Waals surface area contributed by atoms with Crippen molar-refractivity contribution in [3.05, 3.63) is 29.6 Å². The molecule has 7 nitrogen and oxygen atoms in total. The van der Waals surface area contributed by atoms with Crippen LogP contribution in [0.15, 0.2) is 18.2 Å². The molecule has 0 aliphatic carbocycles. The fourth-order valence-corrected chi connectivity index (χ4v) is 3.94. The van der Waals surface area contributed by atoms with E-state index >= 15 is 0 Å². The molecule has 2 heterocycles. The lowest BCUT2D eigenvalue weighted by Crippen LogP contribution is -2.50. The van der Waals surface area contributed by atoms with Crippen LogP contribution in [0, 0.1) is 5.82 Å². The maximum Gasteiger partial charge on any atom is 0.411 e. The molecule has 8 heteroatoms. The van der Waals surface area contributed by atoms with Gasteiger partial charge in [0, 0.05) is 24.2 Å². The van der Waals surface area contributed by atoms with Crippen molar-refractivity contribution in [1.82, 2.24) is 9.91 Å². The highest BCUT2D eigenvalue weighted by Gasteiger charge is 2.47. The molecule has 1 aromatic carbocycles. The van der Waals surface area contributed by atoms with E-state index < -0.39 is 35.2 Å². The van der Waals surface area contributed by atoms with Gasteiger partial charge in [0.1, 0.15) is 11.7 Å². The summed E-state index contributed by atoms with van der Waals surface area (Å²) in [5.41, 5.74) is 4.55. The number of nitrogens with zero attached hydrogens (tertiary/aromatic N) is 2. The van der Waals surface area contributed by atoms with Crippen molar-refractivity contribution < 1.29 is 19.0 Å². The zero-order chi connectivity index (χ0) is 22.7. The topological polar surface area (TPSA) is 105 Å². The van der Waals surface area contributed by atoms with E-state index in [2.05, 4.69) is 0 Å². The number of nitrogen functional groups attached to an aromatic ring is 1. The second-order valence-electron chi connectivity index (χ2n) is 9.71. The van der Waals surface area contributed by atoms with Crippen molar-refractivity contribution in [3.63, 3.8) is 0 Å². The van der Waals surface area contributed by atoms with Crippen LogP contribution in [0.3, 0.4) is 0 Å². The van der Waals surface area contributed by atoms with E-state index in [0.29, 0.717) is 12.8 Å². The number of carbonyl (C=O) groups is 1. The van der Waals surface area contributed by atoms with Crippen molar-refractivity contribution in [3.8, 4) is 0 Å². The molecule has 0 saturated carbocycles. The minimum atomic E-state index is -1.16. The van der Waals surface area contributed by atoms with Crippen LogP contribution < -0.4 is 11.6 Å². The van der Waals surface area contributed by atoms with Crippen molar-refractivity contribution in [2.75, 3.05) is 18.8 Å². The lowest BCUT2D eigenvalue weighted by atomic mass is 9.99. The summed E-state index contributed by atoms with van der Waals surface area (Å²) in [7, 11) is 0. The first kappa shape index (κ1) is 24.4. The molecule has 2 aliphatic rings. The molecular formula is C22H37FN4O3. The fraction of sp³-hybridized carbons (Fsp3) is 0.682. The Morgan fingerprint density at radius 1 is 1.30 bits per heavy atom. The third-order valence-corrected chi connectivity index (χ3v) is 5.51. The maximum atomic E-state index is 14.3. The molecule has 2 atom stereocenters. The molecule has 30 heavy (non-hydrogen) atoms. The van der Waals surface area contributed by atoms with Crippen molar-refractivity contribution in [2.45, 2.75) is 83.6 Å². The average molecular weight is 425 g/mol. The van der Waals surface area contributed by atoms with Gasteiger partial charge in [-0.2, -0.15) is 0 Å². The number of nitrogens with two attached hydrogens (primary N) is 2. The quantitative estimate of drug-likeness (QED) is 0.495. The number of hydrogen-bond donors (Lipinski definition) is 3. The first-order valence-electron chi connectivity index (χ1n) is 10.6. The SMILES string of the molecule is CC(C)(C)OC(=O)N1[C@@H]([C@H](O)c2cccc(N)c2F)CCC1(C)C.NN1CCCC1. The number of likely N-dealkylation sites (tertiary alicyclic amines) is 1. The number of hydrazine groups is 1. The second kappa shape index (κ2) is 9.49. The summed E-state index contributed by atoms with van der Waals surface area (Å²) in [6, 6.07) is 3.96. The summed E-state index contributed by atoms with van der Waals surface area (Å²) in [6.07, 6.45) is 2.16. The molecule has 0 unspecified atom stereocenters. The molecule has 2 saturated heterocycles. The Bertz CT molecular complexity index is 730. The molecule has 0 bridgehead atoms. The van der Waals surface area contributed by atoms with Crippen molar-refractivity contribution in [2.24, 2.45) is 5.84 Å². The third kappa shape index (κ3) is 6.06. The summed E-state index contributed by atoms with van der Waals surface area (Å²) in [6.45, 7) is 11.4. The fourth-order valence-electron chi connectivity index (χ4n) is 3.94. The Morgan fingerprint density at radius 2 is 1.90 bits per heavy atom. The molecule has 3 rings (SSSR count). The highest BCUT2D eigenvalue weighted by Crippen LogP contribution is 2.41. The third-order valence-electron chi connectivity index (χ3n) is 5.51. The van der Waals surface area contributed by atoms with E-state index in [4.69, 9.17) is 16.3 Å². The van der Waals surface area contributed by atoms with Crippen LogP contribution in [0.25, 0.3) is 0 Å². The lowest BCUT2D eigenvalue weighted by molar-refractivity contribution is -0.0172. The molecule has 0 radical (unpaired) electrons. The molecular weight excluding hydrogens is 387 g/mol. The summed E-state index contributed by atoms with van der Waals surface area (Å²) in [4.78, 5) is 14.2. The average Bonchev–Trinajstić information content (AvgIpc) is 3.21. The number of aliphatic hydroxyl groups is 1. The van der Waals surface area contributed by atoms with Gasteiger partial charge >= 0.3 is 6.09 Å².